The molecule has 6 aromatic carbocycles. The zero-order valence-corrected chi connectivity index (χ0v) is 25.5. The molecule has 0 radical (unpaired) electrons. The number of aryl methyl sites for hydroxylation is 2. The lowest BCUT2D eigenvalue weighted by Crippen LogP contribution is -2.12. The highest BCUT2D eigenvalue weighted by atomic mass is 31.2. The molecule has 6 heteroatoms. The number of benzene rings is 6. The Labute approximate surface area is 258 Å². The van der Waals surface area contributed by atoms with E-state index in [4.69, 9.17) is 0 Å². The summed E-state index contributed by atoms with van der Waals surface area (Å²) in [5, 5.41) is -0.00235. The standard InChI is InChI=1S/C38H33N2O3P/c1-28-8-6-12-36(26-28)39(32-10-4-3-5-11-32)33-18-14-30(15-19-33)31-16-20-34(21-17-31)40(37-13-7-9-29(2)27-37)35-22-24-38(25-23-35)44(41,42)43/h3-27H,1-2H3,(H2,41,42,43). The van der Waals surface area contributed by atoms with Gasteiger partial charge >= 0.3 is 7.60 Å². The maximum atomic E-state index is 11.8. The van der Waals surface area contributed by atoms with Crippen molar-refractivity contribution < 1.29 is 14.4 Å². The Hall–Kier alpha value is -4.93. The molecule has 5 nitrogen and oxygen atoms in total. The lowest BCUT2D eigenvalue weighted by atomic mass is 10.0. The van der Waals surface area contributed by atoms with Crippen LogP contribution >= 0.6 is 7.60 Å². The highest BCUT2D eigenvalue weighted by molar-refractivity contribution is 7.60. The molecule has 6 aromatic rings. The van der Waals surface area contributed by atoms with Gasteiger partial charge in [0.2, 0.25) is 0 Å². The van der Waals surface area contributed by atoms with E-state index in [1.807, 2.05) is 31.2 Å². The summed E-state index contributed by atoms with van der Waals surface area (Å²) < 4.78 is 11.8. The summed E-state index contributed by atoms with van der Waals surface area (Å²) in [5.41, 5.74) is 10.5. The van der Waals surface area contributed by atoms with E-state index in [2.05, 4.69) is 120 Å². The SMILES string of the molecule is Cc1cccc(N(c2ccccc2)c2ccc(-c3ccc(N(c4ccc(P(=O)(O)O)cc4)c4cccc(C)c4)cc3)cc2)c1. The van der Waals surface area contributed by atoms with Crippen LogP contribution in [0.1, 0.15) is 11.1 Å². The van der Waals surface area contributed by atoms with Gasteiger partial charge in [-0.05, 0) is 121 Å². The van der Waals surface area contributed by atoms with Gasteiger partial charge in [-0.25, -0.2) is 0 Å². The number of rotatable bonds is 8. The highest BCUT2D eigenvalue weighted by Crippen LogP contribution is 2.39. The molecular weight excluding hydrogens is 563 g/mol. The van der Waals surface area contributed by atoms with Gasteiger partial charge in [0.1, 0.15) is 0 Å². The average molecular weight is 597 g/mol. The third-order valence-corrected chi connectivity index (χ3v) is 8.53. The van der Waals surface area contributed by atoms with E-state index >= 15 is 0 Å². The Morgan fingerprint density at radius 1 is 0.432 bits per heavy atom. The average Bonchev–Trinajstić information content (AvgIpc) is 3.03. The molecule has 0 fully saturated rings. The number of anilines is 6. The third kappa shape index (κ3) is 6.36. The van der Waals surface area contributed by atoms with Gasteiger partial charge in [-0.15, -0.1) is 0 Å². The van der Waals surface area contributed by atoms with E-state index in [1.54, 1.807) is 12.1 Å². The molecule has 218 valence electrons. The van der Waals surface area contributed by atoms with E-state index in [0.29, 0.717) is 0 Å². The fraction of sp³-hybridized carbons (Fsp3) is 0.0526. The smallest absolute Gasteiger partial charge is 0.321 e. The molecule has 44 heavy (non-hydrogen) atoms. The van der Waals surface area contributed by atoms with Crippen molar-refractivity contribution in [2.45, 2.75) is 13.8 Å². The maximum Gasteiger partial charge on any atom is 0.356 e. The lowest BCUT2D eigenvalue weighted by molar-refractivity contribution is 0.387. The number of hydrogen-bond donors (Lipinski definition) is 2. The molecule has 0 bridgehead atoms. The number of para-hydroxylation sites is 1. The van der Waals surface area contributed by atoms with Crippen molar-refractivity contribution >= 4 is 47.0 Å². The van der Waals surface area contributed by atoms with Crippen LogP contribution in [0.2, 0.25) is 0 Å². The molecule has 0 amide bonds. The van der Waals surface area contributed by atoms with Crippen molar-refractivity contribution in [3.63, 3.8) is 0 Å². The first-order valence-electron chi connectivity index (χ1n) is 14.4. The topological polar surface area (TPSA) is 64.0 Å². The molecule has 0 aliphatic heterocycles. The molecule has 0 heterocycles. The normalized spacial score (nSPS) is 11.3. The van der Waals surface area contributed by atoms with Gasteiger partial charge in [0, 0.05) is 34.1 Å². The van der Waals surface area contributed by atoms with Gasteiger partial charge in [0.25, 0.3) is 0 Å². The predicted molar refractivity (Wildman–Crippen MR) is 182 cm³/mol. The molecule has 0 spiro atoms. The van der Waals surface area contributed by atoms with Crippen LogP contribution in [0.3, 0.4) is 0 Å². The fourth-order valence-corrected chi connectivity index (χ4v) is 5.94. The van der Waals surface area contributed by atoms with Gasteiger partial charge in [-0.1, -0.05) is 66.7 Å². The van der Waals surface area contributed by atoms with Crippen LogP contribution in [0, 0.1) is 13.8 Å². The maximum absolute atomic E-state index is 11.8. The van der Waals surface area contributed by atoms with Crippen molar-refractivity contribution in [1.82, 2.24) is 0 Å². The first kappa shape index (κ1) is 29.2. The molecule has 0 unspecified atom stereocenters. The van der Waals surface area contributed by atoms with E-state index in [0.717, 1.165) is 50.8 Å². The van der Waals surface area contributed by atoms with Crippen molar-refractivity contribution in [3.05, 3.63) is 163 Å². The van der Waals surface area contributed by atoms with Crippen LogP contribution in [0.15, 0.2) is 152 Å². The monoisotopic (exact) mass is 596 g/mol. The Morgan fingerprint density at radius 2 is 0.795 bits per heavy atom. The van der Waals surface area contributed by atoms with Gasteiger partial charge in [0.05, 0.1) is 5.30 Å². The minimum atomic E-state index is -4.33. The molecule has 2 N–H and O–H groups in total. The van der Waals surface area contributed by atoms with Crippen molar-refractivity contribution in [2.75, 3.05) is 9.80 Å². The number of nitrogens with zero attached hydrogens (tertiary/aromatic N) is 2. The number of hydrogen-bond acceptors (Lipinski definition) is 3. The fourth-order valence-electron chi connectivity index (χ4n) is 5.41. The molecule has 0 atom stereocenters. The zero-order chi connectivity index (χ0) is 30.7. The van der Waals surface area contributed by atoms with Crippen molar-refractivity contribution in [3.8, 4) is 11.1 Å². The zero-order valence-electron chi connectivity index (χ0n) is 24.6. The summed E-state index contributed by atoms with van der Waals surface area (Å²) in [5.74, 6) is 0. The molecule has 0 saturated carbocycles. The summed E-state index contributed by atoms with van der Waals surface area (Å²) >= 11 is 0. The first-order valence-corrected chi connectivity index (χ1v) is 16.0. The van der Waals surface area contributed by atoms with Crippen molar-refractivity contribution in [2.24, 2.45) is 0 Å². The lowest BCUT2D eigenvalue weighted by Gasteiger charge is -2.26. The Morgan fingerprint density at radius 3 is 1.18 bits per heavy atom. The predicted octanol–water partition coefficient (Wildman–Crippen LogP) is 9.71. The van der Waals surface area contributed by atoms with Gasteiger partial charge < -0.3 is 19.6 Å². The van der Waals surface area contributed by atoms with E-state index in [9.17, 15) is 14.4 Å². The van der Waals surface area contributed by atoms with E-state index in [-0.39, 0.29) is 5.30 Å². The van der Waals surface area contributed by atoms with Crippen LogP contribution in [0.25, 0.3) is 11.1 Å². The quantitative estimate of drug-likeness (QED) is 0.171. The second kappa shape index (κ2) is 12.4. The summed E-state index contributed by atoms with van der Waals surface area (Å²) in [6.45, 7) is 4.15. The largest absolute Gasteiger partial charge is 0.356 e. The summed E-state index contributed by atoms with van der Waals surface area (Å²) in [7, 11) is -4.33. The van der Waals surface area contributed by atoms with Crippen LogP contribution in [-0.2, 0) is 4.57 Å². The molecule has 0 saturated heterocycles. The molecule has 6 rings (SSSR count). The van der Waals surface area contributed by atoms with Crippen molar-refractivity contribution in [1.29, 1.82) is 0 Å². The van der Waals surface area contributed by atoms with E-state index in [1.165, 1.54) is 17.7 Å². The minimum absolute atomic E-state index is 0.00235. The van der Waals surface area contributed by atoms with Crippen LogP contribution < -0.4 is 15.1 Å². The van der Waals surface area contributed by atoms with Gasteiger partial charge in [0.15, 0.2) is 0 Å². The Bertz CT molecular complexity index is 1920. The highest BCUT2D eigenvalue weighted by Gasteiger charge is 2.19. The second-order valence-electron chi connectivity index (χ2n) is 10.8. The summed E-state index contributed by atoms with van der Waals surface area (Å²) in [6.07, 6.45) is 0. The van der Waals surface area contributed by atoms with Gasteiger partial charge in [-0.2, -0.15) is 0 Å². The van der Waals surface area contributed by atoms with Crippen LogP contribution in [-0.4, -0.2) is 9.79 Å². The molecule has 0 aliphatic carbocycles. The van der Waals surface area contributed by atoms with E-state index < -0.39 is 7.60 Å². The first-order chi connectivity index (χ1) is 21.3. The van der Waals surface area contributed by atoms with Crippen LogP contribution in [0.5, 0.6) is 0 Å². The summed E-state index contributed by atoms with van der Waals surface area (Å²) in [4.78, 5) is 23.5. The summed E-state index contributed by atoms with van der Waals surface area (Å²) in [6, 6.07) is 50.5. The van der Waals surface area contributed by atoms with Gasteiger partial charge in [-0.3, -0.25) is 4.57 Å². The minimum Gasteiger partial charge on any atom is -0.321 e. The molecule has 0 aliphatic rings. The second-order valence-corrected chi connectivity index (χ2v) is 12.4. The Kier molecular flexibility index (Phi) is 8.19. The van der Waals surface area contributed by atoms with Crippen LogP contribution in [0.4, 0.5) is 34.1 Å². The third-order valence-electron chi connectivity index (χ3n) is 7.56. The molecule has 0 aromatic heterocycles. The molecular formula is C38H33N2O3P. The Balaban J connectivity index is 1.32.